The normalized spacial score (nSPS) is 10.4. The van der Waals surface area contributed by atoms with Gasteiger partial charge in [-0.25, -0.2) is 0 Å². The molecular formula is C17H23N3O3. The Kier molecular flexibility index (Phi) is 6.02. The van der Waals surface area contributed by atoms with Crippen LogP contribution in [0.15, 0.2) is 30.5 Å². The number of ether oxygens (including phenoxy) is 2. The van der Waals surface area contributed by atoms with Crippen LogP contribution in [-0.4, -0.2) is 28.9 Å². The van der Waals surface area contributed by atoms with Gasteiger partial charge in [-0.2, -0.15) is 5.10 Å². The van der Waals surface area contributed by atoms with E-state index in [1.807, 2.05) is 37.7 Å². The average molecular weight is 317 g/mol. The maximum Gasteiger partial charge on any atom is 0.251 e. The van der Waals surface area contributed by atoms with Crippen molar-refractivity contribution in [1.82, 2.24) is 15.1 Å². The minimum absolute atomic E-state index is 0.167. The molecule has 0 atom stereocenters. The van der Waals surface area contributed by atoms with Crippen LogP contribution in [0.25, 0.3) is 0 Å². The zero-order valence-corrected chi connectivity index (χ0v) is 13.8. The Hall–Kier alpha value is -2.50. The van der Waals surface area contributed by atoms with Crippen molar-refractivity contribution >= 4 is 5.91 Å². The maximum absolute atomic E-state index is 12.3. The van der Waals surface area contributed by atoms with Gasteiger partial charge in [-0.1, -0.05) is 0 Å². The van der Waals surface area contributed by atoms with Gasteiger partial charge in [-0.3, -0.25) is 9.48 Å². The molecule has 124 valence electrons. The molecule has 0 bridgehead atoms. The Labute approximate surface area is 136 Å². The fourth-order valence-corrected chi connectivity index (χ4v) is 2.14. The minimum Gasteiger partial charge on any atom is -0.490 e. The summed E-state index contributed by atoms with van der Waals surface area (Å²) in [5, 5.41) is 7.20. The Bertz CT molecular complexity index is 652. The van der Waals surface area contributed by atoms with Gasteiger partial charge >= 0.3 is 0 Å². The monoisotopic (exact) mass is 317 g/mol. The summed E-state index contributed by atoms with van der Waals surface area (Å²) in [5.41, 5.74) is 1.36. The summed E-state index contributed by atoms with van der Waals surface area (Å²) in [4.78, 5) is 12.3. The quantitative estimate of drug-likeness (QED) is 0.813. The van der Waals surface area contributed by atoms with Gasteiger partial charge in [-0.15, -0.1) is 0 Å². The van der Waals surface area contributed by atoms with E-state index in [1.165, 1.54) is 0 Å². The Morgan fingerprint density at radius 2 is 1.87 bits per heavy atom. The van der Waals surface area contributed by atoms with Crippen molar-refractivity contribution < 1.29 is 14.3 Å². The van der Waals surface area contributed by atoms with E-state index in [1.54, 1.807) is 18.2 Å². The smallest absolute Gasteiger partial charge is 0.251 e. The van der Waals surface area contributed by atoms with Gasteiger partial charge in [0, 0.05) is 18.3 Å². The summed E-state index contributed by atoms with van der Waals surface area (Å²) in [5.74, 6) is 1.06. The maximum atomic E-state index is 12.3. The molecule has 0 aliphatic carbocycles. The van der Waals surface area contributed by atoms with Crippen LogP contribution in [0.4, 0.5) is 0 Å². The predicted octanol–water partition coefficient (Wildman–Crippen LogP) is 2.63. The number of hydrogen-bond donors (Lipinski definition) is 1. The molecule has 0 spiro atoms. The molecule has 6 nitrogen and oxygen atoms in total. The highest BCUT2D eigenvalue weighted by atomic mass is 16.5. The van der Waals surface area contributed by atoms with Crippen LogP contribution in [0.1, 0.15) is 36.8 Å². The molecule has 6 heteroatoms. The van der Waals surface area contributed by atoms with Gasteiger partial charge in [0.05, 0.1) is 25.5 Å². The van der Waals surface area contributed by atoms with Crippen molar-refractivity contribution in [1.29, 1.82) is 0 Å². The molecule has 2 aromatic rings. The number of aryl methyl sites for hydroxylation is 1. The van der Waals surface area contributed by atoms with E-state index in [0.29, 0.717) is 36.8 Å². The second-order valence-corrected chi connectivity index (χ2v) is 4.87. The van der Waals surface area contributed by atoms with Crippen LogP contribution in [0.3, 0.4) is 0 Å². The largest absolute Gasteiger partial charge is 0.490 e. The number of rotatable bonds is 8. The van der Waals surface area contributed by atoms with E-state index >= 15 is 0 Å². The summed E-state index contributed by atoms with van der Waals surface area (Å²) < 4.78 is 12.9. The number of amides is 1. The van der Waals surface area contributed by atoms with Crippen LogP contribution in [0.5, 0.6) is 11.5 Å². The predicted molar refractivity (Wildman–Crippen MR) is 87.9 cm³/mol. The summed E-state index contributed by atoms with van der Waals surface area (Å²) in [6.07, 6.45) is 1.89. The van der Waals surface area contributed by atoms with Crippen molar-refractivity contribution in [3.8, 4) is 11.5 Å². The summed E-state index contributed by atoms with van der Waals surface area (Å²) in [7, 11) is 0. The van der Waals surface area contributed by atoms with Crippen LogP contribution >= 0.6 is 0 Å². The van der Waals surface area contributed by atoms with Crippen LogP contribution < -0.4 is 14.8 Å². The number of carbonyl (C=O) groups excluding carboxylic acids is 1. The Morgan fingerprint density at radius 1 is 1.13 bits per heavy atom. The van der Waals surface area contributed by atoms with Gasteiger partial charge in [0.25, 0.3) is 5.91 Å². The highest BCUT2D eigenvalue weighted by Gasteiger charge is 2.11. The molecule has 0 aliphatic rings. The molecule has 0 saturated carbocycles. The molecule has 0 unspecified atom stereocenters. The van der Waals surface area contributed by atoms with Crippen LogP contribution in [0, 0.1) is 0 Å². The third-order valence-electron chi connectivity index (χ3n) is 3.26. The lowest BCUT2D eigenvalue weighted by molar-refractivity contribution is 0.0950. The molecule has 2 rings (SSSR count). The Balaban J connectivity index is 2.04. The molecule has 1 aromatic carbocycles. The van der Waals surface area contributed by atoms with E-state index in [-0.39, 0.29) is 5.91 Å². The minimum atomic E-state index is -0.167. The molecule has 23 heavy (non-hydrogen) atoms. The molecule has 1 amide bonds. The molecule has 0 saturated heterocycles. The molecule has 1 heterocycles. The second-order valence-electron chi connectivity index (χ2n) is 4.87. The zero-order valence-electron chi connectivity index (χ0n) is 13.8. The average Bonchev–Trinajstić information content (AvgIpc) is 3.03. The van der Waals surface area contributed by atoms with Gasteiger partial charge in [0.15, 0.2) is 11.5 Å². The summed E-state index contributed by atoms with van der Waals surface area (Å²) >= 11 is 0. The topological polar surface area (TPSA) is 65.4 Å². The lowest BCUT2D eigenvalue weighted by Crippen LogP contribution is -2.23. The highest BCUT2D eigenvalue weighted by molar-refractivity contribution is 5.94. The van der Waals surface area contributed by atoms with Gasteiger partial charge < -0.3 is 14.8 Å². The summed E-state index contributed by atoms with van der Waals surface area (Å²) in [6.45, 7) is 8.09. The van der Waals surface area contributed by atoms with E-state index in [2.05, 4.69) is 10.4 Å². The molecule has 0 radical (unpaired) electrons. The first-order chi connectivity index (χ1) is 11.2. The number of hydrogen-bond acceptors (Lipinski definition) is 4. The molecule has 1 aromatic heterocycles. The SMILES string of the molecule is CCOc1ccc(C(=O)NCc2ccn(CC)n2)cc1OCC. The fraction of sp³-hybridized carbons (Fsp3) is 0.412. The Morgan fingerprint density at radius 3 is 2.52 bits per heavy atom. The van der Waals surface area contributed by atoms with Gasteiger partial charge in [-0.05, 0) is 45.0 Å². The van der Waals surface area contributed by atoms with E-state index in [4.69, 9.17) is 9.47 Å². The molecule has 1 N–H and O–H groups in total. The van der Waals surface area contributed by atoms with Crippen molar-refractivity contribution in [2.24, 2.45) is 0 Å². The lowest BCUT2D eigenvalue weighted by Gasteiger charge is -2.12. The molecular weight excluding hydrogens is 294 g/mol. The number of aromatic nitrogens is 2. The first kappa shape index (κ1) is 16.9. The number of nitrogens with one attached hydrogen (secondary N) is 1. The first-order valence-electron chi connectivity index (χ1n) is 7.88. The van der Waals surface area contributed by atoms with Crippen LogP contribution in [0.2, 0.25) is 0 Å². The van der Waals surface area contributed by atoms with E-state index in [9.17, 15) is 4.79 Å². The summed E-state index contributed by atoms with van der Waals surface area (Å²) in [6, 6.07) is 7.09. The van der Waals surface area contributed by atoms with Gasteiger partial charge in [0.1, 0.15) is 0 Å². The second kappa shape index (κ2) is 8.22. The first-order valence-corrected chi connectivity index (χ1v) is 7.88. The van der Waals surface area contributed by atoms with Gasteiger partial charge in [0.2, 0.25) is 0 Å². The highest BCUT2D eigenvalue weighted by Crippen LogP contribution is 2.28. The third-order valence-corrected chi connectivity index (χ3v) is 3.26. The number of carbonyl (C=O) groups is 1. The van der Waals surface area contributed by atoms with Crippen molar-refractivity contribution in [3.63, 3.8) is 0 Å². The standard InChI is InChI=1S/C17H23N3O3/c1-4-20-10-9-14(19-20)12-18-17(21)13-7-8-15(22-5-2)16(11-13)23-6-3/h7-11H,4-6,12H2,1-3H3,(H,18,21). The van der Waals surface area contributed by atoms with Crippen molar-refractivity contribution in [3.05, 3.63) is 41.7 Å². The fourth-order valence-electron chi connectivity index (χ4n) is 2.14. The molecule has 0 aliphatic heterocycles. The van der Waals surface area contributed by atoms with Crippen LogP contribution in [-0.2, 0) is 13.1 Å². The zero-order chi connectivity index (χ0) is 16.7. The van der Waals surface area contributed by atoms with E-state index in [0.717, 1.165) is 12.2 Å². The number of nitrogens with zero attached hydrogens (tertiary/aromatic N) is 2. The lowest BCUT2D eigenvalue weighted by atomic mass is 10.2. The number of benzene rings is 1. The van der Waals surface area contributed by atoms with E-state index < -0.39 is 0 Å². The van der Waals surface area contributed by atoms with Crippen molar-refractivity contribution in [2.75, 3.05) is 13.2 Å². The van der Waals surface area contributed by atoms with Crippen molar-refractivity contribution in [2.45, 2.75) is 33.9 Å². The third kappa shape index (κ3) is 4.48. The molecule has 0 fully saturated rings.